The van der Waals surface area contributed by atoms with E-state index in [4.69, 9.17) is 5.73 Å². The van der Waals surface area contributed by atoms with E-state index in [-0.39, 0.29) is 18.2 Å². The molecule has 3 aromatic rings. The number of aliphatic carboxylic acids is 1. The largest absolute Gasteiger partial charge is 0.480 e. The molecule has 1 heterocycles. The summed E-state index contributed by atoms with van der Waals surface area (Å²) in [5.74, 6) is -3.60. The van der Waals surface area contributed by atoms with Crippen LogP contribution in [-0.4, -0.2) is 62.4 Å². The van der Waals surface area contributed by atoms with Crippen LogP contribution in [0.1, 0.15) is 24.4 Å². The third-order valence-electron chi connectivity index (χ3n) is 5.99. The molecular weight excluding hydrogens is 526 g/mol. The number of carboxylic acids is 1. The van der Waals surface area contributed by atoms with Crippen LogP contribution in [0.2, 0.25) is 0 Å². The Bertz CT molecular complexity index is 1470. The van der Waals surface area contributed by atoms with Crippen LogP contribution in [-0.2, 0) is 25.6 Å². The second-order valence-electron chi connectivity index (χ2n) is 8.77. The number of carboxylic acid groups (broad SMARTS) is 1. The first-order chi connectivity index (χ1) is 18.6. The van der Waals surface area contributed by atoms with Crippen molar-refractivity contribution in [1.82, 2.24) is 20.2 Å². The van der Waals surface area contributed by atoms with Gasteiger partial charge >= 0.3 is 11.7 Å². The number of aromatic amines is 1. The van der Waals surface area contributed by atoms with E-state index in [0.717, 1.165) is 4.57 Å². The maximum atomic E-state index is 13.6. The van der Waals surface area contributed by atoms with Crippen LogP contribution in [0.5, 0.6) is 0 Å². The lowest BCUT2D eigenvalue weighted by molar-refractivity contribution is -0.142. The van der Waals surface area contributed by atoms with Crippen molar-refractivity contribution in [3.8, 4) is 0 Å². The van der Waals surface area contributed by atoms with Gasteiger partial charge in [-0.1, -0.05) is 42.5 Å². The first-order valence-corrected chi connectivity index (χ1v) is 13.4. The lowest BCUT2D eigenvalue weighted by atomic mass is 10.0. The fourth-order valence-electron chi connectivity index (χ4n) is 4.04. The van der Waals surface area contributed by atoms with E-state index in [0.29, 0.717) is 16.8 Å². The Balaban J connectivity index is 2.00. The number of hydrogen-bond acceptors (Lipinski definition) is 7. The summed E-state index contributed by atoms with van der Waals surface area (Å²) in [6, 6.07) is 10.7. The number of carbonyl (C=O) groups is 4. The molecule has 6 N–H and O–H groups in total. The Morgan fingerprint density at radius 2 is 1.62 bits per heavy atom. The van der Waals surface area contributed by atoms with E-state index in [1.54, 1.807) is 54.8 Å². The Hall–Kier alpha value is -4.39. The van der Waals surface area contributed by atoms with Gasteiger partial charge in [-0.25, -0.2) is 14.2 Å². The van der Waals surface area contributed by atoms with Crippen LogP contribution in [0.4, 0.5) is 0 Å². The molecule has 39 heavy (non-hydrogen) atoms. The van der Waals surface area contributed by atoms with Crippen molar-refractivity contribution in [2.45, 2.75) is 37.4 Å². The number of para-hydroxylation sites is 1. The van der Waals surface area contributed by atoms with Crippen molar-refractivity contribution in [2.75, 3.05) is 12.0 Å². The first-order valence-electron chi connectivity index (χ1n) is 12.0. The highest BCUT2D eigenvalue weighted by atomic mass is 32.2. The Morgan fingerprint density at radius 3 is 2.26 bits per heavy atom. The minimum Gasteiger partial charge on any atom is -0.480 e. The standard InChI is InChI=1S/C26H29N5O7S/c1-39-12-11-18(25(36)37)28-22(33)19(14-21(27)32)29-23(34)20(13-15-7-3-2-4-8-15)31-24(35)16-9-5-6-10-17(16)30-26(31)38/h2-10,18-20H,11-14H2,1H3,(H2,27,32)(H,28,33)(H,29,34)(H,30,38)(H,36,37). The van der Waals surface area contributed by atoms with Crippen LogP contribution < -0.4 is 27.6 Å². The summed E-state index contributed by atoms with van der Waals surface area (Å²) in [6.45, 7) is 0. The maximum absolute atomic E-state index is 13.6. The number of hydrogen-bond donors (Lipinski definition) is 5. The number of carbonyl (C=O) groups excluding carboxylic acids is 3. The van der Waals surface area contributed by atoms with E-state index in [2.05, 4.69) is 15.6 Å². The molecule has 13 heteroatoms. The summed E-state index contributed by atoms with van der Waals surface area (Å²) in [5.41, 5.74) is 4.65. The van der Waals surface area contributed by atoms with Crippen molar-refractivity contribution < 1.29 is 24.3 Å². The lowest BCUT2D eigenvalue weighted by Gasteiger charge is -2.24. The summed E-state index contributed by atoms with van der Waals surface area (Å²) in [5, 5.41) is 14.4. The van der Waals surface area contributed by atoms with Gasteiger partial charge in [0.05, 0.1) is 17.3 Å². The molecule has 1 aromatic heterocycles. The number of fused-ring (bicyclic) bond motifs is 1. The minimum absolute atomic E-state index is 0.0929. The van der Waals surface area contributed by atoms with Gasteiger partial charge in [0.2, 0.25) is 17.7 Å². The zero-order valence-electron chi connectivity index (χ0n) is 21.1. The molecular formula is C26H29N5O7S. The van der Waals surface area contributed by atoms with Gasteiger partial charge in [-0.05, 0) is 36.1 Å². The second kappa shape index (κ2) is 13.4. The molecule has 0 bridgehead atoms. The molecule has 3 amide bonds. The molecule has 0 saturated carbocycles. The Kier molecular flexibility index (Phi) is 10.0. The smallest absolute Gasteiger partial charge is 0.329 e. The number of amides is 3. The van der Waals surface area contributed by atoms with Crippen molar-refractivity contribution in [2.24, 2.45) is 5.73 Å². The van der Waals surface area contributed by atoms with Crippen molar-refractivity contribution in [1.29, 1.82) is 0 Å². The summed E-state index contributed by atoms with van der Waals surface area (Å²) in [4.78, 5) is 78.9. The number of primary amides is 1. The van der Waals surface area contributed by atoms with Crippen molar-refractivity contribution >= 4 is 46.4 Å². The van der Waals surface area contributed by atoms with Crippen LogP contribution in [0, 0.1) is 0 Å². The highest BCUT2D eigenvalue weighted by Crippen LogP contribution is 2.14. The molecule has 206 valence electrons. The molecule has 3 rings (SSSR count). The number of rotatable bonds is 13. The summed E-state index contributed by atoms with van der Waals surface area (Å²) in [7, 11) is 0. The number of aromatic nitrogens is 2. The van der Waals surface area contributed by atoms with Crippen LogP contribution in [0.25, 0.3) is 10.9 Å². The predicted octanol–water partition coefficient (Wildman–Crippen LogP) is 0.156. The number of H-pyrrole nitrogens is 1. The van der Waals surface area contributed by atoms with Crippen LogP contribution in [0.3, 0.4) is 0 Å². The normalized spacial score (nSPS) is 13.3. The van der Waals surface area contributed by atoms with Crippen LogP contribution in [0.15, 0.2) is 64.2 Å². The summed E-state index contributed by atoms with van der Waals surface area (Å²) >= 11 is 1.39. The van der Waals surface area contributed by atoms with Gasteiger partial charge in [0.1, 0.15) is 18.1 Å². The van der Waals surface area contributed by atoms with Gasteiger partial charge in [-0.15, -0.1) is 0 Å². The minimum atomic E-state index is -1.54. The number of nitrogens with two attached hydrogens (primary N) is 1. The zero-order chi connectivity index (χ0) is 28.5. The summed E-state index contributed by atoms with van der Waals surface area (Å²) < 4.78 is 0.766. The van der Waals surface area contributed by atoms with Crippen molar-refractivity contribution in [3.63, 3.8) is 0 Å². The molecule has 3 unspecified atom stereocenters. The second-order valence-corrected chi connectivity index (χ2v) is 9.75. The summed E-state index contributed by atoms with van der Waals surface area (Å²) in [6.07, 6.45) is 1.16. The first kappa shape index (κ1) is 29.2. The fourth-order valence-corrected chi connectivity index (χ4v) is 4.51. The topological polar surface area (TPSA) is 193 Å². The van der Waals surface area contributed by atoms with Gasteiger partial charge in [0.15, 0.2) is 0 Å². The van der Waals surface area contributed by atoms with E-state index in [9.17, 15) is 33.9 Å². The number of thioether (sulfide) groups is 1. The quantitative estimate of drug-likeness (QED) is 0.197. The molecule has 0 fully saturated rings. The zero-order valence-corrected chi connectivity index (χ0v) is 21.9. The Morgan fingerprint density at radius 1 is 0.974 bits per heavy atom. The Labute approximate surface area is 227 Å². The highest BCUT2D eigenvalue weighted by molar-refractivity contribution is 7.98. The van der Waals surface area contributed by atoms with Gasteiger partial charge in [-0.2, -0.15) is 11.8 Å². The van der Waals surface area contributed by atoms with Gasteiger partial charge in [0.25, 0.3) is 5.56 Å². The molecule has 2 aromatic carbocycles. The predicted molar refractivity (Wildman–Crippen MR) is 146 cm³/mol. The number of benzene rings is 2. The molecule has 0 saturated heterocycles. The van der Waals surface area contributed by atoms with Gasteiger partial charge in [-0.3, -0.25) is 19.2 Å². The number of nitrogens with zero attached hydrogens (tertiary/aromatic N) is 1. The molecule has 0 aliphatic heterocycles. The maximum Gasteiger partial charge on any atom is 0.329 e. The molecule has 0 aliphatic rings. The average molecular weight is 556 g/mol. The van der Waals surface area contributed by atoms with Gasteiger partial charge in [0, 0.05) is 6.42 Å². The van der Waals surface area contributed by atoms with E-state index in [1.165, 1.54) is 17.8 Å². The van der Waals surface area contributed by atoms with Crippen molar-refractivity contribution in [3.05, 3.63) is 81.0 Å². The van der Waals surface area contributed by atoms with E-state index >= 15 is 0 Å². The van der Waals surface area contributed by atoms with Crippen LogP contribution >= 0.6 is 11.8 Å². The molecule has 0 aliphatic carbocycles. The third-order valence-corrected chi connectivity index (χ3v) is 6.63. The lowest BCUT2D eigenvalue weighted by Crippen LogP contribution is -2.55. The van der Waals surface area contributed by atoms with E-state index in [1.807, 2.05) is 0 Å². The third kappa shape index (κ3) is 7.57. The molecule has 3 atom stereocenters. The molecule has 12 nitrogen and oxygen atoms in total. The highest BCUT2D eigenvalue weighted by Gasteiger charge is 2.32. The van der Waals surface area contributed by atoms with E-state index < -0.39 is 59.5 Å². The monoisotopic (exact) mass is 555 g/mol. The van der Waals surface area contributed by atoms with Gasteiger partial charge < -0.3 is 26.5 Å². The number of nitrogens with one attached hydrogen (secondary N) is 3. The molecule has 0 radical (unpaired) electrons. The average Bonchev–Trinajstić information content (AvgIpc) is 2.90. The molecule has 0 spiro atoms. The SMILES string of the molecule is CSCCC(NC(=O)C(CC(N)=O)NC(=O)C(Cc1ccccc1)n1c(=O)[nH]c2ccccc2c1=O)C(=O)O. The fraction of sp³-hybridized carbons (Fsp3) is 0.308.